The number of quaternary nitrogens is 1. The van der Waals surface area contributed by atoms with Gasteiger partial charge in [0, 0.05) is 0 Å². The van der Waals surface area contributed by atoms with Crippen LogP contribution in [0.3, 0.4) is 0 Å². The van der Waals surface area contributed by atoms with Crippen molar-refractivity contribution in [2.24, 2.45) is 0 Å². The summed E-state index contributed by atoms with van der Waals surface area (Å²) in [5.41, 5.74) is 1.12. The van der Waals surface area contributed by atoms with Gasteiger partial charge in [0.05, 0.1) is 24.3 Å². The van der Waals surface area contributed by atoms with Crippen molar-refractivity contribution in [2.45, 2.75) is 32.2 Å². The van der Waals surface area contributed by atoms with Crippen LogP contribution >= 0.6 is 0 Å². The second kappa shape index (κ2) is 6.35. The molecule has 4 nitrogen and oxygen atoms in total. The second-order valence-electron chi connectivity index (χ2n) is 5.09. The van der Waals surface area contributed by atoms with E-state index in [-0.39, 0.29) is 11.9 Å². The molecule has 0 radical (unpaired) electrons. The predicted octanol–water partition coefficient (Wildman–Crippen LogP) is 0.954. The van der Waals surface area contributed by atoms with Gasteiger partial charge in [-0.1, -0.05) is 12.1 Å². The Morgan fingerprint density at radius 3 is 2.68 bits per heavy atom. The molecule has 1 aliphatic heterocycles. The number of benzene rings is 1. The number of likely N-dealkylation sites (tertiary alicyclic amines) is 1. The van der Waals surface area contributed by atoms with E-state index in [0.717, 1.165) is 13.1 Å². The molecule has 0 aliphatic carbocycles. The molecule has 0 unspecified atom stereocenters. The number of nitrogens with zero attached hydrogens (tertiary/aromatic N) is 1. The molecule has 1 saturated heterocycles. The van der Waals surface area contributed by atoms with Crippen LogP contribution in [-0.4, -0.2) is 25.0 Å². The zero-order valence-corrected chi connectivity index (χ0v) is 11.3. The summed E-state index contributed by atoms with van der Waals surface area (Å²) in [6, 6.07) is 9.15. The van der Waals surface area contributed by atoms with E-state index >= 15 is 0 Å². The van der Waals surface area contributed by atoms with Crippen LogP contribution < -0.4 is 10.2 Å². The lowest BCUT2D eigenvalue weighted by molar-refractivity contribution is -0.918. The summed E-state index contributed by atoms with van der Waals surface area (Å²) in [6.45, 7) is 4.09. The third-order valence-electron chi connectivity index (χ3n) is 3.81. The van der Waals surface area contributed by atoms with E-state index in [9.17, 15) is 4.79 Å². The highest BCUT2D eigenvalue weighted by Crippen LogP contribution is 2.13. The van der Waals surface area contributed by atoms with Crippen molar-refractivity contribution >= 4 is 11.6 Å². The molecule has 0 saturated carbocycles. The van der Waals surface area contributed by atoms with Crippen LogP contribution in [-0.2, 0) is 4.79 Å². The summed E-state index contributed by atoms with van der Waals surface area (Å²) in [6.07, 6.45) is 3.67. The van der Waals surface area contributed by atoms with Gasteiger partial charge in [0.15, 0.2) is 6.04 Å². The van der Waals surface area contributed by atoms with Crippen molar-refractivity contribution in [2.75, 3.05) is 18.4 Å². The average Bonchev–Trinajstić information content (AvgIpc) is 2.48. The number of carbonyl (C=O) groups is 1. The molecule has 1 heterocycles. The van der Waals surface area contributed by atoms with Gasteiger partial charge in [-0.3, -0.25) is 4.79 Å². The Bertz CT molecular complexity index is 486. The average molecular weight is 258 g/mol. The number of piperidine rings is 1. The highest BCUT2D eigenvalue weighted by molar-refractivity contribution is 5.94. The molecular formula is C15H20N3O+. The number of rotatable bonds is 3. The molecule has 1 fully saturated rings. The Balaban J connectivity index is 2.02. The van der Waals surface area contributed by atoms with Gasteiger partial charge in [-0.05, 0) is 38.3 Å². The van der Waals surface area contributed by atoms with E-state index in [0.29, 0.717) is 11.3 Å². The van der Waals surface area contributed by atoms with Gasteiger partial charge < -0.3 is 10.2 Å². The van der Waals surface area contributed by atoms with Gasteiger partial charge in [0.25, 0.3) is 5.91 Å². The van der Waals surface area contributed by atoms with Crippen molar-refractivity contribution in [3.63, 3.8) is 0 Å². The van der Waals surface area contributed by atoms with Crippen molar-refractivity contribution in [1.29, 1.82) is 5.26 Å². The minimum atomic E-state index is -0.0629. The lowest BCUT2D eigenvalue weighted by Gasteiger charge is -2.28. The van der Waals surface area contributed by atoms with E-state index in [4.69, 9.17) is 5.26 Å². The van der Waals surface area contributed by atoms with Crippen molar-refractivity contribution in [3.8, 4) is 6.07 Å². The van der Waals surface area contributed by atoms with Gasteiger partial charge in [-0.2, -0.15) is 5.26 Å². The zero-order chi connectivity index (χ0) is 13.7. The number of hydrogen-bond acceptors (Lipinski definition) is 2. The Morgan fingerprint density at radius 2 is 2.00 bits per heavy atom. The predicted molar refractivity (Wildman–Crippen MR) is 73.8 cm³/mol. The fourth-order valence-electron chi connectivity index (χ4n) is 2.55. The number of hydrogen-bond donors (Lipinski definition) is 2. The van der Waals surface area contributed by atoms with Crippen LogP contribution in [0.25, 0.3) is 0 Å². The number of nitriles is 1. The summed E-state index contributed by atoms with van der Waals surface area (Å²) in [7, 11) is 0. The van der Waals surface area contributed by atoms with Crippen molar-refractivity contribution < 1.29 is 9.69 Å². The van der Waals surface area contributed by atoms with Crippen LogP contribution in [0.15, 0.2) is 24.3 Å². The Labute approximate surface area is 114 Å². The van der Waals surface area contributed by atoms with Crippen LogP contribution in [0.4, 0.5) is 5.69 Å². The minimum absolute atomic E-state index is 0.000370. The molecule has 1 atom stereocenters. The summed E-state index contributed by atoms with van der Waals surface area (Å²) >= 11 is 0. The van der Waals surface area contributed by atoms with E-state index < -0.39 is 0 Å². The van der Waals surface area contributed by atoms with Crippen LogP contribution in [0, 0.1) is 11.3 Å². The number of amides is 1. The molecule has 1 amide bonds. The Morgan fingerprint density at radius 1 is 1.32 bits per heavy atom. The minimum Gasteiger partial charge on any atom is -0.325 e. The summed E-state index contributed by atoms with van der Waals surface area (Å²) in [5.74, 6) is -0.000370. The maximum atomic E-state index is 12.2. The fourth-order valence-corrected chi connectivity index (χ4v) is 2.55. The first-order valence-electron chi connectivity index (χ1n) is 6.87. The molecule has 2 N–H and O–H groups in total. The SMILES string of the molecule is C[C@H](C(=O)Nc1ccccc1C#N)[NH+]1CCCCC1. The lowest BCUT2D eigenvalue weighted by atomic mass is 10.1. The smallest absolute Gasteiger partial charge is 0.282 e. The molecule has 1 aromatic rings. The third-order valence-corrected chi connectivity index (χ3v) is 3.81. The maximum Gasteiger partial charge on any atom is 0.282 e. The molecular weight excluding hydrogens is 238 g/mol. The normalized spacial score (nSPS) is 17.5. The van der Waals surface area contributed by atoms with E-state index in [2.05, 4.69) is 11.4 Å². The largest absolute Gasteiger partial charge is 0.325 e. The summed E-state index contributed by atoms with van der Waals surface area (Å²) in [4.78, 5) is 13.6. The molecule has 19 heavy (non-hydrogen) atoms. The number of nitrogens with one attached hydrogen (secondary N) is 2. The molecule has 0 aromatic heterocycles. The summed E-state index contributed by atoms with van der Waals surface area (Å²) < 4.78 is 0. The molecule has 4 heteroatoms. The molecule has 0 spiro atoms. The molecule has 1 aliphatic rings. The highest BCUT2D eigenvalue weighted by atomic mass is 16.2. The van der Waals surface area contributed by atoms with Gasteiger partial charge in [-0.25, -0.2) is 0 Å². The quantitative estimate of drug-likeness (QED) is 0.848. The Kier molecular flexibility index (Phi) is 4.53. The topological polar surface area (TPSA) is 57.3 Å². The van der Waals surface area contributed by atoms with Crippen LogP contribution in [0.5, 0.6) is 0 Å². The fraction of sp³-hybridized carbons (Fsp3) is 0.467. The Hall–Kier alpha value is -1.86. The molecule has 0 bridgehead atoms. The highest BCUT2D eigenvalue weighted by Gasteiger charge is 2.26. The zero-order valence-electron chi connectivity index (χ0n) is 11.3. The first-order chi connectivity index (χ1) is 9.22. The van der Waals surface area contributed by atoms with Crippen molar-refractivity contribution in [3.05, 3.63) is 29.8 Å². The summed E-state index contributed by atoms with van der Waals surface area (Å²) in [5, 5.41) is 11.9. The third kappa shape index (κ3) is 3.33. The molecule has 2 rings (SSSR count). The first-order valence-corrected chi connectivity index (χ1v) is 6.87. The standard InChI is InChI=1S/C15H19N3O/c1-12(18-9-5-2-6-10-18)15(19)17-14-8-4-3-7-13(14)11-16/h3-4,7-8,12H,2,5-6,9-10H2,1H3,(H,17,19)/p+1/t12-/m1/s1. The van der Waals surface area contributed by atoms with Gasteiger partial charge in [0.1, 0.15) is 6.07 Å². The first kappa shape index (κ1) is 13.6. The molecule has 1 aromatic carbocycles. The van der Waals surface area contributed by atoms with Gasteiger partial charge >= 0.3 is 0 Å². The van der Waals surface area contributed by atoms with Crippen molar-refractivity contribution in [1.82, 2.24) is 0 Å². The van der Waals surface area contributed by atoms with Gasteiger partial charge in [0.2, 0.25) is 0 Å². The van der Waals surface area contributed by atoms with Crippen LogP contribution in [0.1, 0.15) is 31.7 Å². The van der Waals surface area contributed by atoms with Crippen LogP contribution in [0.2, 0.25) is 0 Å². The lowest BCUT2D eigenvalue weighted by Crippen LogP contribution is -3.17. The maximum absolute atomic E-state index is 12.2. The van der Waals surface area contributed by atoms with E-state index in [1.807, 2.05) is 13.0 Å². The molecule has 100 valence electrons. The number of para-hydroxylation sites is 1. The monoisotopic (exact) mass is 258 g/mol. The number of anilines is 1. The van der Waals surface area contributed by atoms with E-state index in [1.165, 1.54) is 24.2 Å². The second-order valence-corrected chi connectivity index (χ2v) is 5.09. The van der Waals surface area contributed by atoms with E-state index in [1.54, 1.807) is 18.2 Å². The van der Waals surface area contributed by atoms with Gasteiger partial charge in [-0.15, -0.1) is 0 Å². The number of carbonyl (C=O) groups excluding carboxylic acids is 1.